The number of benzene rings is 2. The number of para-hydroxylation sites is 1. The van der Waals surface area contributed by atoms with Crippen LogP contribution in [0.5, 0.6) is 0 Å². The van der Waals surface area contributed by atoms with E-state index in [0.29, 0.717) is 37.7 Å². The van der Waals surface area contributed by atoms with Gasteiger partial charge in [0.2, 0.25) is 0 Å². The third kappa shape index (κ3) is 3.05. The molecule has 0 amide bonds. The van der Waals surface area contributed by atoms with Crippen LogP contribution in [0.2, 0.25) is 15.1 Å². The molecule has 6 heteroatoms. The minimum atomic E-state index is -1.21. The highest BCUT2D eigenvalue weighted by molar-refractivity contribution is 6.37. The Bertz CT molecular complexity index is 898. The SMILES string of the molecule is CC(C)(O)c1nn(-c2ccccc2Cl)c(-c2ccccc2Cl)c1Cl. The molecule has 0 radical (unpaired) electrons. The Morgan fingerprint density at radius 2 is 1.50 bits per heavy atom. The van der Waals surface area contributed by atoms with Crippen molar-refractivity contribution in [2.24, 2.45) is 0 Å². The van der Waals surface area contributed by atoms with Crippen molar-refractivity contribution in [3.8, 4) is 16.9 Å². The number of aromatic nitrogens is 2. The maximum Gasteiger partial charge on any atom is 0.113 e. The first-order chi connectivity index (χ1) is 11.3. The highest BCUT2D eigenvalue weighted by Gasteiger charge is 2.29. The van der Waals surface area contributed by atoms with Crippen LogP contribution in [-0.2, 0) is 5.60 Å². The Morgan fingerprint density at radius 3 is 2.08 bits per heavy atom. The van der Waals surface area contributed by atoms with Crippen LogP contribution < -0.4 is 0 Å². The molecule has 0 fully saturated rings. The summed E-state index contributed by atoms with van der Waals surface area (Å²) in [6, 6.07) is 14.6. The van der Waals surface area contributed by atoms with Gasteiger partial charge in [0.1, 0.15) is 11.3 Å². The van der Waals surface area contributed by atoms with E-state index in [9.17, 15) is 5.11 Å². The van der Waals surface area contributed by atoms with Crippen molar-refractivity contribution >= 4 is 34.8 Å². The van der Waals surface area contributed by atoms with Gasteiger partial charge in [-0.1, -0.05) is 65.1 Å². The smallest absolute Gasteiger partial charge is 0.113 e. The molecule has 0 aliphatic rings. The summed E-state index contributed by atoms with van der Waals surface area (Å²) >= 11 is 19.3. The van der Waals surface area contributed by atoms with Gasteiger partial charge >= 0.3 is 0 Å². The molecule has 0 saturated heterocycles. The molecule has 124 valence electrons. The number of aliphatic hydroxyl groups is 1. The Morgan fingerprint density at radius 1 is 0.917 bits per heavy atom. The van der Waals surface area contributed by atoms with Crippen molar-refractivity contribution in [2.75, 3.05) is 0 Å². The first kappa shape index (κ1) is 17.3. The Labute approximate surface area is 155 Å². The van der Waals surface area contributed by atoms with Crippen LogP contribution in [-0.4, -0.2) is 14.9 Å². The summed E-state index contributed by atoms with van der Waals surface area (Å²) in [4.78, 5) is 0. The number of hydrogen-bond donors (Lipinski definition) is 1. The number of hydrogen-bond acceptors (Lipinski definition) is 2. The van der Waals surface area contributed by atoms with Gasteiger partial charge in [0.25, 0.3) is 0 Å². The molecule has 2 aromatic carbocycles. The van der Waals surface area contributed by atoms with Crippen molar-refractivity contribution in [3.63, 3.8) is 0 Å². The van der Waals surface area contributed by atoms with Crippen molar-refractivity contribution < 1.29 is 5.11 Å². The zero-order chi connectivity index (χ0) is 17.5. The van der Waals surface area contributed by atoms with E-state index in [0.717, 1.165) is 0 Å². The molecule has 0 saturated carbocycles. The normalized spacial score (nSPS) is 11.8. The molecule has 24 heavy (non-hydrogen) atoms. The van der Waals surface area contributed by atoms with Crippen molar-refractivity contribution in [1.29, 1.82) is 0 Å². The fourth-order valence-electron chi connectivity index (χ4n) is 2.47. The van der Waals surface area contributed by atoms with Crippen LogP contribution in [0.4, 0.5) is 0 Å². The minimum Gasteiger partial charge on any atom is -0.384 e. The van der Waals surface area contributed by atoms with E-state index in [4.69, 9.17) is 34.8 Å². The van der Waals surface area contributed by atoms with E-state index in [2.05, 4.69) is 5.10 Å². The molecule has 3 nitrogen and oxygen atoms in total. The number of halogens is 3. The average molecular weight is 382 g/mol. The molecule has 0 aliphatic carbocycles. The van der Waals surface area contributed by atoms with Crippen molar-refractivity contribution in [1.82, 2.24) is 9.78 Å². The van der Waals surface area contributed by atoms with Crippen LogP contribution in [0, 0.1) is 0 Å². The summed E-state index contributed by atoms with van der Waals surface area (Å²) in [7, 11) is 0. The lowest BCUT2D eigenvalue weighted by Crippen LogP contribution is -2.17. The molecular formula is C18H15Cl3N2O. The highest BCUT2D eigenvalue weighted by Crippen LogP contribution is 2.40. The number of nitrogens with zero attached hydrogens (tertiary/aromatic N) is 2. The van der Waals surface area contributed by atoms with Gasteiger partial charge in [0, 0.05) is 5.56 Å². The first-order valence-corrected chi connectivity index (χ1v) is 8.45. The van der Waals surface area contributed by atoms with Crippen LogP contribution in [0.15, 0.2) is 48.5 Å². The fraction of sp³-hybridized carbons (Fsp3) is 0.167. The molecule has 0 aliphatic heterocycles. The predicted molar refractivity (Wildman–Crippen MR) is 99.3 cm³/mol. The molecule has 0 bridgehead atoms. The van der Waals surface area contributed by atoms with Gasteiger partial charge in [-0.15, -0.1) is 0 Å². The summed E-state index contributed by atoms with van der Waals surface area (Å²) in [6.45, 7) is 3.27. The van der Waals surface area contributed by atoms with Crippen LogP contribution in [0.1, 0.15) is 19.5 Å². The van der Waals surface area contributed by atoms with E-state index in [-0.39, 0.29) is 0 Å². The molecule has 0 spiro atoms. The average Bonchev–Trinajstić information content (AvgIpc) is 2.86. The van der Waals surface area contributed by atoms with Crippen molar-refractivity contribution in [3.05, 3.63) is 69.3 Å². The molecule has 3 aromatic rings. The van der Waals surface area contributed by atoms with E-state index in [1.54, 1.807) is 30.7 Å². The van der Waals surface area contributed by atoms with Gasteiger partial charge in [-0.05, 0) is 32.0 Å². The summed E-state index contributed by atoms with van der Waals surface area (Å²) < 4.78 is 1.62. The predicted octanol–water partition coefficient (Wildman–Crippen LogP) is 5.73. The maximum absolute atomic E-state index is 10.4. The Balaban J connectivity index is 2.37. The topological polar surface area (TPSA) is 38.1 Å². The second kappa shape index (κ2) is 6.41. The third-order valence-corrected chi connectivity index (χ3v) is 4.62. The summed E-state index contributed by atoms with van der Waals surface area (Å²) in [5.41, 5.74) is 1.12. The van der Waals surface area contributed by atoms with Gasteiger partial charge in [0.15, 0.2) is 0 Å². The van der Waals surface area contributed by atoms with Gasteiger partial charge < -0.3 is 5.11 Å². The molecule has 3 rings (SSSR count). The zero-order valence-electron chi connectivity index (χ0n) is 13.1. The van der Waals surface area contributed by atoms with Gasteiger partial charge in [0.05, 0.1) is 26.4 Å². The van der Waals surface area contributed by atoms with Crippen LogP contribution in [0.3, 0.4) is 0 Å². The lowest BCUT2D eigenvalue weighted by Gasteiger charge is -2.14. The second-order valence-corrected chi connectivity index (χ2v) is 7.11. The van der Waals surface area contributed by atoms with E-state index in [1.165, 1.54) is 0 Å². The Kier molecular flexibility index (Phi) is 4.63. The zero-order valence-corrected chi connectivity index (χ0v) is 15.4. The largest absolute Gasteiger partial charge is 0.384 e. The summed E-state index contributed by atoms with van der Waals surface area (Å²) in [6.07, 6.45) is 0. The molecular weight excluding hydrogens is 367 g/mol. The van der Waals surface area contributed by atoms with Gasteiger partial charge in [-0.3, -0.25) is 0 Å². The molecule has 1 heterocycles. The minimum absolute atomic E-state index is 0.343. The lowest BCUT2D eigenvalue weighted by molar-refractivity contribution is 0.0735. The van der Waals surface area contributed by atoms with E-state index < -0.39 is 5.60 Å². The molecule has 1 N–H and O–H groups in total. The molecule has 0 unspecified atom stereocenters. The highest BCUT2D eigenvalue weighted by atomic mass is 35.5. The maximum atomic E-state index is 10.4. The van der Waals surface area contributed by atoms with Gasteiger partial charge in [-0.25, -0.2) is 4.68 Å². The monoisotopic (exact) mass is 380 g/mol. The second-order valence-electron chi connectivity index (χ2n) is 5.91. The summed E-state index contributed by atoms with van der Waals surface area (Å²) in [5.74, 6) is 0. The van der Waals surface area contributed by atoms with E-state index >= 15 is 0 Å². The molecule has 1 aromatic heterocycles. The van der Waals surface area contributed by atoms with Crippen LogP contribution in [0.25, 0.3) is 16.9 Å². The first-order valence-electron chi connectivity index (χ1n) is 7.32. The van der Waals surface area contributed by atoms with E-state index in [1.807, 2.05) is 36.4 Å². The fourth-order valence-corrected chi connectivity index (χ4v) is 3.37. The number of rotatable bonds is 3. The third-order valence-electron chi connectivity index (χ3n) is 3.62. The van der Waals surface area contributed by atoms with Gasteiger partial charge in [-0.2, -0.15) is 5.10 Å². The Hall–Kier alpha value is -1.52. The lowest BCUT2D eigenvalue weighted by atomic mass is 10.0. The van der Waals surface area contributed by atoms with Crippen molar-refractivity contribution in [2.45, 2.75) is 19.4 Å². The quantitative estimate of drug-likeness (QED) is 0.629. The summed E-state index contributed by atoms with van der Waals surface area (Å²) in [5, 5.41) is 16.3. The van der Waals surface area contributed by atoms with Crippen LogP contribution >= 0.6 is 34.8 Å². The standard InChI is InChI=1S/C18H15Cl3N2O/c1-18(2,24)17-15(21)16(11-7-3-4-8-12(11)19)23(22-17)14-10-6-5-9-13(14)20/h3-10,24H,1-2H3. The molecule has 0 atom stereocenters.